The molecule has 0 spiro atoms. The Morgan fingerprint density at radius 3 is 0.923 bits per heavy atom. The van der Waals surface area contributed by atoms with Crippen molar-refractivity contribution in [2.75, 3.05) is 0 Å². The van der Waals surface area contributed by atoms with Gasteiger partial charge < -0.3 is 0 Å². The molecule has 1 rings (SSSR count). The van der Waals surface area contributed by atoms with E-state index in [-0.39, 0.29) is 0 Å². The van der Waals surface area contributed by atoms with Gasteiger partial charge in [-0.15, -0.1) is 20.2 Å². The molecule has 0 aliphatic rings. The fourth-order valence-electron chi connectivity index (χ4n) is 1.65. The van der Waals surface area contributed by atoms with Crippen LogP contribution in [-0.2, 0) is 0 Å². The van der Waals surface area contributed by atoms with E-state index in [0.29, 0.717) is 0 Å². The molecule has 0 bridgehead atoms. The van der Waals surface area contributed by atoms with Crippen molar-refractivity contribution in [3.8, 4) is 11.5 Å². The highest BCUT2D eigenvalue weighted by molar-refractivity contribution is 5.85. The highest BCUT2D eigenvalue weighted by Gasteiger charge is 2.51. The van der Waals surface area contributed by atoms with Crippen LogP contribution in [-0.4, -0.2) is 29.9 Å². The van der Waals surface area contributed by atoms with Crippen molar-refractivity contribution >= 4 is 22.7 Å². The Morgan fingerprint density at radius 2 is 0.731 bits per heavy atom. The minimum absolute atomic E-state index is 1.79. The minimum Gasteiger partial charge on any atom is -0.261 e. The Morgan fingerprint density at radius 1 is 0.462 bits per heavy atom. The quantitative estimate of drug-likeness (QED) is 0.437. The highest BCUT2D eigenvalue weighted by Crippen LogP contribution is 2.56. The Bertz CT molecular complexity index is 820. The predicted molar refractivity (Wildman–Crippen MR) is 68.3 cm³/mol. The second kappa shape index (κ2) is 6.77. The maximum Gasteiger partial charge on any atom is 0.427 e. The summed E-state index contributed by atoms with van der Waals surface area (Å²) in [5.74, 6) is -4.17. The lowest BCUT2D eigenvalue weighted by atomic mass is 10.1. The minimum atomic E-state index is -2.17. The van der Waals surface area contributed by atoms with E-state index < -0.39 is 64.1 Å². The molecule has 0 fully saturated rings. The SMILES string of the molecule is O=[N+]([O-])Oc1c([N+](=O)[O-])c(O[N+](=O)[O-])c([N+](=O)[O-])c([N+](=O)[O-])c1[N+](=O)[O-]. The zero-order valence-corrected chi connectivity index (χ0v) is 11.4. The first-order valence-corrected chi connectivity index (χ1v) is 5.36. The van der Waals surface area contributed by atoms with Gasteiger partial charge in [-0.3, -0.25) is 50.1 Å². The molecule has 0 saturated heterocycles. The molecule has 0 saturated carbocycles. The predicted octanol–water partition coefficient (Wildman–Crippen LogP) is 0.460. The molecular weight excluding hydrogens is 380 g/mol. The molecule has 138 valence electrons. The van der Waals surface area contributed by atoms with Gasteiger partial charge in [0.1, 0.15) is 0 Å². The standard InChI is InChI=1S/C6N6O14/c13-7(14)1-2(8(15)16)5(25-11(21)22)4(10(19)20)6(26-12(23)24)3(1)9(17)18. The average Bonchev–Trinajstić information content (AvgIpc) is 2.43. The van der Waals surface area contributed by atoms with Crippen LogP contribution in [0, 0.1) is 60.7 Å². The van der Waals surface area contributed by atoms with Crippen LogP contribution in [0.3, 0.4) is 0 Å². The third-order valence-electron chi connectivity index (χ3n) is 2.37. The normalized spacial score (nSPS) is 9.85. The Balaban J connectivity index is 4.33. The molecule has 20 nitrogen and oxygen atoms in total. The summed E-state index contributed by atoms with van der Waals surface area (Å²) >= 11 is 0. The number of nitrogens with zero attached hydrogens (tertiary/aromatic N) is 6. The summed E-state index contributed by atoms with van der Waals surface area (Å²) in [5.41, 5.74) is -8.58. The monoisotopic (exact) mass is 380 g/mol. The van der Waals surface area contributed by atoms with Crippen LogP contribution in [0.25, 0.3) is 0 Å². The maximum absolute atomic E-state index is 11.0. The van der Waals surface area contributed by atoms with Crippen LogP contribution in [0.5, 0.6) is 11.5 Å². The van der Waals surface area contributed by atoms with E-state index in [9.17, 15) is 60.7 Å². The van der Waals surface area contributed by atoms with Gasteiger partial charge in [-0.25, -0.2) is 0 Å². The smallest absolute Gasteiger partial charge is 0.261 e. The lowest BCUT2D eigenvalue weighted by molar-refractivity contribution is -0.716. The number of nitro groups is 4. The summed E-state index contributed by atoms with van der Waals surface area (Å²) in [6, 6.07) is 0. The fourth-order valence-corrected chi connectivity index (χ4v) is 1.65. The average molecular weight is 380 g/mol. The van der Waals surface area contributed by atoms with Gasteiger partial charge in [-0.05, 0) is 0 Å². The molecule has 0 amide bonds. The lowest BCUT2D eigenvalue weighted by Gasteiger charge is -2.07. The van der Waals surface area contributed by atoms with Gasteiger partial charge in [0, 0.05) is 0 Å². The van der Waals surface area contributed by atoms with E-state index in [0.717, 1.165) is 0 Å². The van der Waals surface area contributed by atoms with E-state index in [1.807, 2.05) is 0 Å². The Kier molecular flexibility index (Phi) is 5.02. The molecule has 0 unspecified atom stereocenters. The van der Waals surface area contributed by atoms with Gasteiger partial charge >= 0.3 is 22.7 Å². The first-order valence-electron chi connectivity index (χ1n) is 5.36. The molecule has 0 heterocycles. The van der Waals surface area contributed by atoms with Crippen molar-refractivity contribution in [2.24, 2.45) is 0 Å². The first kappa shape index (κ1) is 19.3. The van der Waals surface area contributed by atoms with E-state index in [4.69, 9.17) is 0 Å². The summed E-state index contributed by atoms with van der Waals surface area (Å²) in [5, 5.41) is 61.1. The Labute approximate surface area is 135 Å². The summed E-state index contributed by atoms with van der Waals surface area (Å²) in [7, 11) is 0. The van der Waals surface area contributed by atoms with Crippen LogP contribution in [0.2, 0.25) is 0 Å². The first-order chi connectivity index (χ1) is 11.9. The van der Waals surface area contributed by atoms with Crippen molar-refractivity contribution < 1.29 is 39.5 Å². The van der Waals surface area contributed by atoms with Crippen molar-refractivity contribution in [1.29, 1.82) is 0 Å². The zero-order chi connectivity index (χ0) is 20.3. The molecule has 0 atom stereocenters. The fraction of sp³-hybridized carbons (Fsp3) is 0. The van der Waals surface area contributed by atoms with Crippen molar-refractivity contribution in [1.82, 2.24) is 0 Å². The maximum atomic E-state index is 11.0. The third-order valence-corrected chi connectivity index (χ3v) is 2.37. The second-order valence-corrected chi connectivity index (χ2v) is 3.71. The third kappa shape index (κ3) is 3.42. The van der Waals surface area contributed by atoms with E-state index in [1.165, 1.54) is 0 Å². The molecule has 0 aliphatic carbocycles. The molecular formula is C6N6O14. The number of hydrogen-bond acceptors (Lipinski definition) is 14. The van der Waals surface area contributed by atoms with Crippen molar-refractivity contribution in [3.63, 3.8) is 0 Å². The lowest BCUT2D eigenvalue weighted by Crippen LogP contribution is -2.14. The summed E-state index contributed by atoms with van der Waals surface area (Å²) < 4.78 is 0. The van der Waals surface area contributed by atoms with Crippen LogP contribution >= 0.6 is 0 Å². The molecule has 20 heteroatoms. The summed E-state index contributed by atoms with van der Waals surface area (Å²) in [6.07, 6.45) is 0. The molecule has 0 aliphatic heterocycles. The number of nitro benzene ring substituents is 4. The number of rotatable bonds is 8. The van der Waals surface area contributed by atoms with Crippen molar-refractivity contribution in [3.05, 3.63) is 60.7 Å². The van der Waals surface area contributed by atoms with Gasteiger partial charge in [0.15, 0.2) is 0 Å². The van der Waals surface area contributed by atoms with Crippen LogP contribution in [0.4, 0.5) is 22.7 Å². The molecule has 1 aromatic rings. The van der Waals surface area contributed by atoms with E-state index >= 15 is 0 Å². The van der Waals surface area contributed by atoms with Gasteiger partial charge in [0.25, 0.3) is 21.7 Å². The zero-order valence-electron chi connectivity index (χ0n) is 11.4. The van der Waals surface area contributed by atoms with Gasteiger partial charge in [0.2, 0.25) is 0 Å². The highest BCUT2D eigenvalue weighted by atomic mass is 17.0. The van der Waals surface area contributed by atoms with E-state index in [1.54, 1.807) is 0 Å². The molecule has 26 heavy (non-hydrogen) atoms. The van der Waals surface area contributed by atoms with Gasteiger partial charge in [-0.1, -0.05) is 0 Å². The van der Waals surface area contributed by atoms with Gasteiger partial charge in [-0.2, -0.15) is 0 Å². The van der Waals surface area contributed by atoms with Crippen LogP contribution < -0.4 is 9.68 Å². The van der Waals surface area contributed by atoms with Crippen LogP contribution in [0.15, 0.2) is 0 Å². The van der Waals surface area contributed by atoms with Gasteiger partial charge in [0.05, 0.1) is 19.7 Å². The van der Waals surface area contributed by atoms with Crippen LogP contribution in [0.1, 0.15) is 0 Å². The number of benzene rings is 1. The van der Waals surface area contributed by atoms with E-state index in [2.05, 4.69) is 9.68 Å². The topological polar surface area (TPSA) is 277 Å². The molecule has 0 N–H and O–H groups in total. The summed E-state index contributed by atoms with van der Waals surface area (Å²) in [6.45, 7) is 0. The molecule has 0 radical (unpaired) electrons. The second-order valence-electron chi connectivity index (χ2n) is 3.71. The Hall–Kier alpha value is -4.78. The van der Waals surface area contributed by atoms with Crippen molar-refractivity contribution in [2.45, 2.75) is 0 Å². The number of hydrogen-bond donors (Lipinski definition) is 0. The molecule has 0 aromatic heterocycles. The molecule has 1 aromatic carbocycles. The largest absolute Gasteiger partial charge is 0.427 e. The summed E-state index contributed by atoms with van der Waals surface area (Å²) in [4.78, 5) is 64.7.